The van der Waals surface area contributed by atoms with Crippen LogP contribution in [-0.4, -0.2) is 21.4 Å². The number of nitro groups is 1. The Hall–Kier alpha value is -2.31. The van der Waals surface area contributed by atoms with Crippen LogP contribution >= 0.6 is 0 Å². The number of hydrogen-bond acceptors (Lipinski definition) is 5. The summed E-state index contributed by atoms with van der Waals surface area (Å²) >= 11 is 0. The van der Waals surface area contributed by atoms with Crippen molar-refractivity contribution in [2.45, 2.75) is 18.6 Å². The zero-order chi connectivity index (χ0) is 15.6. The molecule has 0 heterocycles. The van der Waals surface area contributed by atoms with Gasteiger partial charge in [0.25, 0.3) is 5.70 Å². The highest BCUT2D eigenvalue weighted by Gasteiger charge is 2.52. The van der Waals surface area contributed by atoms with E-state index in [-0.39, 0.29) is 0 Å². The molecule has 3 atom stereocenters. The van der Waals surface area contributed by atoms with Crippen LogP contribution in [0, 0.1) is 16.0 Å². The van der Waals surface area contributed by atoms with Crippen LogP contribution in [0.25, 0.3) is 0 Å². The van der Waals surface area contributed by atoms with Crippen molar-refractivity contribution in [3.63, 3.8) is 0 Å². The van der Waals surface area contributed by atoms with E-state index in [9.17, 15) is 20.0 Å². The summed E-state index contributed by atoms with van der Waals surface area (Å²) in [6, 6.07) is 8.23. The lowest BCUT2D eigenvalue weighted by Crippen LogP contribution is -2.58. The van der Waals surface area contributed by atoms with Crippen LogP contribution in [0.4, 0.5) is 0 Å². The van der Waals surface area contributed by atoms with Gasteiger partial charge in [-0.25, -0.2) is 0 Å². The number of Topliss-reactive ketones (excluding diaryl/α,β-unsaturated/α-hetero) is 1. The number of rotatable bonds is 4. The Bertz CT molecular complexity index is 624. The number of nitrogens with two attached hydrogens (primary N) is 1. The minimum atomic E-state index is -1.85. The number of aliphatic hydroxyl groups excluding tert-OH is 1. The number of benzene rings is 1. The molecule has 0 saturated heterocycles. The zero-order valence-electron chi connectivity index (χ0n) is 11.5. The first-order valence-electron chi connectivity index (χ1n) is 6.48. The molecule has 3 unspecified atom stereocenters. The lowest BCUT2D eigenvalue weighted by molar-refractivity contribution is -0.434. The van der Waals surface area contributed by atoms with Crippen molar-refractivity contribution in [3.05, 3.63) is 69.9 Å². The molecule has 3 N–H and O–H groups in total. The molecule has 0 saturated carbocycles. The topological polar surface area (TPSA) is 106 Å². The van der Waals surface area contributed by atoms with Gasteiger partial charge in [-0.15, -0.1) is 0 Å². The van der Waals surface area contributed by atoms with Gasteiger partial charge in [-0.3, -0.25) is 14.9 Å². The van der Waals surface area contributed by atoms with Crippen molar-refractivity contribution in [1.82, 2.24) is 0 Å². The molecule has 21 heavy (non-hydrogen) atoms. The first-order valence-corrected chi connectivity index (χ1v) is 6.48. The maximum Gasteiger partial charge on any atom is 0.274 e. The van der Waals surface area contributed by atoms with E-state index < -0.39 is 34.0 Å². The quantitative estimate of drug-likeness (QED) is 0.642. The SMILES string of the molecule is CC1C=CC=C([N+](=O)[O-])C1(N)C(=O)C(O)c1ccccc1. The van der Waals surface area contributed by atoms with Gasteiger partial charge in [-0.05, 0) is 5.56 Å². The number of carbonyl (C=O) groups excluding carboxylic acids is 1. The Morgan fingerprint density at radius 2 is 2.05 bits per heavy atom. The molecule has 6 nitrogen and oxygen atoms in total. The average molecular weight is 288 g/mol. The molecule has 0 radical (unpaired) electrons. The number of carbonyl (C=O) groups is 1. The molecular formula is C15H16N2O4. The summed E-state index contributed by atoms with van der Waals surface area (Å²) < 4.78 is 0. The Labute approximate surface area is 121 Å². The predicted octanol–water partition coefficient (Wildman–Crippen LogP) is 1.35. The minimum absolute atomic E-state index is 0.358. The summed E-state index contributed by atoms with van der Waals surface area (Å²) in [6.07, 6.45) is 2.81. The Kier molecular flexibility index (Phi) is 4.02. The van der Waals surface area contributed by atoms with Gasteiger partial charge in [0.05, 0.1) is 4.92 Å². The maximum absolute atomic E-state index is 12.6. The fraction of sp³-hybridized carbons (Fsp3) is 0.267. The van der Waals surface area contributed by atoms with Crippen molar-refractivity contribution in [2.24, 2.45) is 11.7 Å². The van der Waals surface area contributed by atoms with Crippen molar-refractivity contribution in [3.8, 4) is 0 Å². The first-order chi connectivity index (χ1) is 9.89. The predicted molar refractivity (Wildman–Crippen MR) is 76.7 cm³/mol. The third-order valence-corrected chi connectivity index (χ3v) is 3.76. The molecule has 0 aliphatic heterocycles. The average Bonchev–Trinajstić information content (AvgIpc) is 2.49. The lowest BCUT2D eigenvalue weighted by atomic mass is 9.74. The molecule has 6 heteroatoms. The third-order valence-electron chi connectivity index (χ3n) is 3.76. The number of allylic oxidation sites excluding steroid dienone is 2. The highest BCUT2D eigenvalue weighted by atomic mass is 16.6. The molecule has 1 aliphatic rings. The van der Waals surface area contributed by atoms with Gasteiger partial charge in [0.1, 0.15) is 6.10 Å². The van der Waals surface area contributed by atoms with E-state index in [0.29, 0.717) is 5.56 Å². The normalized spacial score (nSPS) is 26.0. The van der Waals surface area contributed by atoms with Gasteiger partial charge in [-0.2, -0.15) is 0 Å². The second-order valence-corrected chi connectivity index (χ2v) is 5.03. The fourth-order valence-corrected chi connectivity index (χ4v) is 2.41. The van der Waals surface area contributed by atoms with Gasteiger partial charge in [0.15, 0.2) is 11.3 Å². The van der Waals surface area contributed by atoms with Crippen LogP contribution in [0.3, 0.4) is 0 Å². The molecular weight excluding hydrogens is 272 g/mol. The third kappa shape index (κ3) is 2.51. The van der Waals surface area contributed by atoms with Crippen LogP contribution in [0.2, 0.25) is 0 Å². The van der Waals surface area contributed by atoms with Crippen molar-refractivity contribution in [2.75, 3.05) is 0 Å². The number of hydrogen-bond donors (Lipinski definition) is 2. The molecule has 1 aromatic carbocycles. The molecule has 110 valence electrons. The van der Waals surface area contributed by atoms with Crippen molar-refractivity contribution >= 4 is 5.78 Å². The lowest BCUT2D eigenvalue weighted by Gasteiger charge is -2.32. The highest BCUT2D eigenvalue weighted by molar-refractivity contribution is 5.96. The van der Waals surface area contributed by atoms with Crippen LogP contribution in [0.1, 0.15) is 18.6 Å². The van der Waals surface area contributed by atoms with Gasteiger partial charge in [0, 0.05) is 12.0 Å². The largest absolute Gasteiger partial charge is 0.380 e. The summed E-state index contributed by atoms with van der Waals surface area (Å²) in [4.78, 5) is 23.1. The van der Waals surface area contributed by atoms with Gasteiger partial charge in [0.2, 0.25) is 0 Å². The van der Waals surface area contributed by atoms with Crippen LogP contribution in [0.15, 0.2) is 54.3 Å². The standard InChI is InChI=1S/C15H16N2O4/c1-10-6-5-9-12(17(20)21)15(10,16)14(19)13(18)11-7-3-2-4-8-11/h2-10,13,18H,16H2,1H3. The molecule has 0 spiro atoms. The highest BCUT2D eigenvalue weighted by Crippen LogP contribution is 2.33. The van der Waals surface area contributed by atoms with E-state index in [1.807, 2.05) is 0 Å². The van der Waals surface area contributed by atoms with Crippen molar-refractivity contribution < 1.29 is 14.8 Å². The summed E-state index contributed by atoms with van der Waals surface area (Å²) in [7, 11) is 0. The summed E-state index contributed by atoms with van der Waals surface area (Å²) in [5.41, 5.74) is 4.16. The van der Waals surface area contributed by atoms with Crippen LogP contribution in [-0.2, 0) is 4.79 Å². The van der Waals surface area contributed by atoms with E-state index in [2.05, 4.69) is 0 Å². The fourth-order valence-electron chi connectivity index (χ4n) is 2.41. The van der Waals surface area contributed by atoms with Crippen molar-refractivity contribution in [1.29, 1.82) is 0 Å². The van der Waals surface area contributed by atoms with Gasteiger partial charge >= 0.3 is 0 Å². The van der Waals surface area contributed by atoms with Crippen LogP contribution in [0.5, 0.6) is 0 Å². The molecule has 0 fully saturated rings. The summed E-state index contributed by atoms with van der Waals surface area (Å²) in [5.74, 6) is -1.37. The van der Waals surface area contributed by atoms with E-state index in [0.717, 1.165) is 0 Å². The van der Waals surface area contributed by atoms with E-state index >= 15 is 0 Å². The zero-order valence-corrected chi connectivity index (χ0v) is 11.5. The molecule has 0 aromatic heterocycles. The minimum Gasteiger partial charge on any atom is -0.380 e. The molecule has 0 bridgehead atoms. The van der Waals surface area contributed by atoms with E-state index in [4.69, 9.17) is 5.73 Å². The smallest absolute Gasteiger partial charge is 0.274 e. The second kappa shape index (κ2) is 5.59. The molecule has 1 aliphatic carbocycles. The molecule has 1 aromatic rings. The van der Waals surface area contributed by atoms with E-state index in [1.165, 1.54) is 12.2 Å². The van der Waals surface area contributed by atoms with Gasteiger partial charge < -0.3 is 10.8 Å². The monoisotopic (exact) mass is 288 g/mol. The first kappa shape index (κ1) is 15.1. The summed E-state index contributed by atoms with van der Waals surface area (Å²) in [6.45, 7) is 1.61. The Morgan fingerprint density at radius 1 is 1.43 bits per heavy atom. The number of aliphatic hydroxyl groups is 1. The number of ketones is 1. The van der Waals surface area contributed by atoms with Crippen LogP contribution < -0.4 is 5.73 Å². The Morgan fingerprint density at radius 3 is 2.62 bits per heavy atom. The second-order valence-electron chi connectivity index (χ2n) is 5.03. The van der Waals surface area contributed by atoms with Gasteiger partial charge in [-0.1, -0.05) is 49.4 Å². The molecule has 2 rings (SSSR count). The Balaban J connectivity index is 2.42. The molecule has 0 amide bonds. The number of nitrogens with zero attached hydrogens (tertiary/aromatic N) is 1. The summed E-state index contributed by atoms with van der Waals surface area (Å²) in [5, 5.41) is 21.4. The maximum atomic E-state index is 12.6. The van der Waals surface area contributed by atoms with E-state index in [1.54, 1.807) is 43.3 Å².